The molecule has 1 saturated heterocycles. The Bertz CT molecular complexity index is 856. The number of amides is 1. The monoisotopic (exact) mass is 366 g/mol. The summed E-state index contributed by atoms with van der Waals surface area (Å²) in [6, 6.07) is 11.3. The first-order chi connectivity index (χ1) is 13.1. The largest absolute Gasteiger partial charge is 0.450 e. The Morgan fingerprint density at radius 3 is 2.70 bits per heavy atom. The molecule has 1 aliphatic rings. The van der Waals surface area contributed by atoms with Crippen molar-refractivity contribution in [3.8, 4) is 6.07 Å². The molecule has 0 unspecified atom stereocenters. The summed E-state index contributed by atoms with van der Waals surface area (Å²) >= 11 is 0. The number of rotatable bonds is 4. The molecule has 1 aliphatic heterocycles. The Labute approximate surface area is 158 Å². The third kappa shape index (κ3) is 4.44. The minimum atomic E-state index is -0.272. The lowest BCUT2D eigenvalue weighted by Gasteiger charge is -2.34. The van der Waals surface area contributed by atoms with Gasteiger partial charge in [0.2, 0.25) is 5.95 Å². The number of hydrogen-bond acceptors (Lipinski definition) is 7. The molecule has 1 fully saturated rings. The molecule has 1 amide bonds. The van der Waals surface area contributed by atoms with Gasteiger partial charge in [-0.1, -0.05) is 12.1 Å². The SMILES string of the molecule is CCOC(=O)N1CCN(c2cc(C)nc(Nc3ccccc3C#N)n2)CC1. The first-order valence-electron chi connectivity index (χ1n) is 8.89. The number of nitriles is 1. The molecule has 2 heterocycles. The summed E-state index contributed by atoms with van der Waals surface area (Å²) in [5, 5.41) is 12.4. The topological polar surface area (TPSA) is 94.4 Å². The van der Waals surface area contributed by atoms with E-state index in [1.54, 1.807) is 17.9 Å². The van der Waals surface area contributed by atoms with E-state index in [-0.39, 0.29) is 6.09 Å². The standard InChI is InChI=1S/C19H22N6O2/c1-3-27-19(26)25-10-8-24(9-11-25)17-12-14(2)21-18(23-17)22-16-7-5-4-6-15(16)13-20/h4-7,12H,3,8-11H2,1-2H3,(H,21,22,23). The number of anilines is 3. The van der Waals surface area contributed by atoms with Crippen molar-refractivity contribution < 1.29 is 9.53 Å². The lowest BCUT2D eigenvalue weighted by molar-refractivity contribution is 0.105. The minimum absolute atomic E-state index is 0.272. The van der Waals surface area contributed by atoms with Crippen molar-refractivity contribution in [2.24, 2.45) is 0 Å². The predicted molar refractivity (Wildman–Crippen MR) is 102 cm³/mol. The first kappa shape index (κ1) is 18.5. The number of aryl methyl sites for hydroxylation is 1. The van der Waals surface area contributed by atoms with Crippen molar-refractivity contribution in [3.63, 3.8) is 0 Å². The van der Waals surface area contributed by atoms with Crippen molar-refractivity contribution in [1.29, 1.82) is 5.26 Å². The number of benzene rings is 1. The van der Waals surface area contributed by atoms with E-state index in [9.17, 15) is 10.1 Å². The first-order valence-corrected chi connectivity index (χ1v) is 8.89. The molecule has 1 N–H and O–H groups in total. The normalized spacial score (nSPS) is 13.8. The van der Waals surface area contributed by atoms with E-state index in [1.807, 2.05) is 31.2 Å². The Balaban J connectivity index is 1.73. The second-order valence-electron chi connectivity index (χ2n) is 6.15. The Morgan fingerprint density at radius 1 is 1.26 bits per heavy atom. The highest BCUT2D eigenvalue weighted by molar-refractivity contribution is 5.68. The molecule has 8 nitrogen and oxygen atoms in total. The molecule has 3 rings (SSSR count). The maximum atomic E-state index is 11.8. The van der Waals surface area contributed by atoms with Crippen LogP contribution in [0.2, 0.25) is 0 Å². The second kappa shape index (κ2) is 8.36. The van der Waals surface area contributed by atoms with E-state index in [4.69, 9.17) is 4.74 Å². The van der Waals surface area contributed by atoms with Gasteiger partial charge in [-0.15, -0.1) is 0 Å². The van der Waals surface area contributed by atoms with Crippen LogP contribution in [-0.2, 0) is 4.74 Å². The zero-order chi connectivity index (χ0) is 19.2. The summed E-state index contributed by atoms with van der Waals surface area (Å²) in [4.78, 5) is 24.7. The van der Waals surface area contributed by atoms with Crippen molar-refractivity contribution in [1.82, 2.24) is 14.9 Å². The zero-order valence-electron chi connectivity index (χ0n) is 15.5. The van der Waals surface area contributed by atoms with Gasteiger partial charge in [-0.25, -0.2) is 9.78 Å². The highest BCUT2D eigenvalue weighted by Crippen LogP contribution is 2.21. The van der Waals surface area contributed by atoms with E-state index in [2.05, 4.69) is 26.3 Å². The molecule has 0 aliphatic carbocycles. The molecule has 1 aromatic carbocycles. The molecule has 0 spiro atoms. The maximum Gasteiger partial charge on any atom is 0.409 e. The molecule has 0 radical (unpaired) electrons. The van der Waals surface area contributed by atoms with Gasteiger partial charge in [0, 0.05) is 37.9 Å². The molecule has 8 heteroatoms. The molecule has 27 heavy (non-hydrogen) atoms. The van der Waals surface area contributed by atoms with E-state index >= 15 is 0 Å². The number of carbonyl (C=O) groups is 1. The quantitative estimate of drug-likeness (QED) is 0.889. The van der Waals surface area contributed by atoms with Crippen LogP contribution in [0, 0.1) is 18.3 Å². The number of para-hydroxylation sites is 1. The van der Waals surface area contributed by atoms with Crippen LogP contribution in [0.3, 0.4) is 0 Å². The molecular formula is C19H22N6O2. The lowest BCUT2D eigenvalue weighted by Crippen LogP contribution is -2.49. The van der Waals surface area contributed by atoms with Gasteiger partial charge >= 0.3 is 6.09 Å². The molecule has 0 saturated carbocycles. The Hall–Kier alpha value is -3.34. The Morgan fingerprint density at radius 2 is 2.00 bits per heavy atom. The molecule has 0 bridgehead atoms. The van der Waals surface area contributed by atoms with E-state index < -0.39 is 0 Å². The summed E-state index contributed by atoms with van der Waals surface area (Å²) in [5.41, 5.74) is 2.03. The average molecular weight is 366 g/mol. The van der Waals surface area contributed by atoms with Gasteiger partial charge in [0.05, 0.1) is 17.9 Å². The fraction of sp³-hybridized carbons (Fsp3) is 0.368. The van der Waals surface area contributed by atoms with Crippen LogP contribution in [0.25, 0.3) is 0 Å². The van der Waals surface area contributed by atoms with E-state index in [1.165, 1.54) is 0 Å². The molecule has 0 atom stereocenters. The number of aromatic nitrogens is 2. The van der Waals surface area contributed by atoms with Crippen LogP contribution < -0.4 is 10.2 Å². The van der Waals surface area contributed by atoms with Crippen LogP contribution in [-0.4, -0.2) is 53.7 Å². The van der Waals surface area contributed by atoms with Crippen LogP contribution in [0.15, 0.2) is 30.3 Å². The van der Waals surface area contributed by atoms with Gasteiger partial charge in [0.15, 0.2) is 0 Å². The highest BCUT2D eigenvalue weighted by atomic mass is 16.6. The van der Waals surface area contributed by atoms with Gasteiger partial charge in [-0.3, -0.25) is 0 Å². The number of nitrogens with zero attached hydrogens (tertiary/aromatic N) is 5. The van der Waals surface area contributed by atoms with Gasteiger partial charge in [0.25, 0.3) is 0 Å². The third-order valence-electron chi connectivity index (χ3n) is 4.26. The Kier molecular flexibility index (Phi) is 5.71. The van der Waals surface area contributed by atoms with E-state index in [0.717, 1.165) is 11.5 Å². The van der Waals surface area contributed by atoms with E-state index in [0.29, 0.717) is 50.0 Å². The molecule has 1 aromatic heterocycles. The van der Waals surface area contributed by atoms with Gasteiger partial charge in [-0.2, -0.15) is 10.2 Å². The van der Waals surface area contributed by atoms with Gasteiger partial charge < -0.3 is 19.9 Å². The summed E-state index contributed by atoms with van der Waals surface area (Å²) in [7, 11) is 0. The predicted octanol–water partition coefficient (Wildman–Crippen LogP) is 2.68. The number of carbonyl (C=O) groups excluding carboxylic acids is 1. The van der Waals surface area contributed by atoms with Crippen molar-refractivity contribution in [2.45, 2.75) is 13.8 Å². The fourth-order valence-corrected chi connectivity index (χ4v) is 2.91. The average Bonchev–Trinajstić information content (AvgIpc) is 2.68. The number of piperazine rings is 1. The minimum Gasteiger partial charge on any atom is -0.450 e. The summed E-state index contributed by atoms with van der Waals surface area (Å²) in [6.07, 6.45) is -0.272. The summed E-state index contributed by atoms with van der Waals surface area (Å²) < 4.78 is 5.06. The zero-order valence-corrected chi connectivity index (χ0v) is 15.5. The molecule has 2 aromatic rings. The molecule has 140 valence electrons. The van der Waals surface area contributed by atoms with Crippen LogP contribution >= 0.6 is 0 Å². The number of ether oxygens (including phenoxy) is 1. The van der Waals surface area contributed by atoms with Crippen LogP contribution in [0.1, 0.15) is 18.2 Å². The van der Waals surface area contributed by atoms with Crippen molar-refractivity contribution >= 4 is 23.5 Å². The van der Waals surface area contributed by atoms with Crippen molar-refractivity contribution in [3.05, 3.63) is 41.6 Å². The highest BCUT2D eigenvalue weighted by Gasteiger charge is 2.23. The van der Waals surface area contributed by atoms with Gasteiger partial charge in [0.1, 0.15) is 11.9 Å². The number of nitrogens with one attached hydrogen (secondary N) is 1. The lowest BCUT2D eigenvalue weighted by atomic mass is 10.2. The van der Waals surface area contributed by atoms with Crippen molar-refractivity contribution in [2.75, 3.05) is 43.0 Å². The van der Waals surface area contributed by atoms with Crippen LogP contribution in [0.5, 0.6) is 0 Å². The third-order valence-corrected chi connectivity index (χ3v) is 4.26. The number of hydrogen-bond donors (Lipinski definition) is 1. The summed E-state index contributed by atoms with van der Waals surface area (Å²) in [5.74, 6) is 1.24. The second-order valence-corrected chi connectivity index (χ2v) is 6.15. The smallest absolute Gasteiger partial charge is 0.409 e. The van der Waals surface area contributed by atoms with Crippen LogP contribution in [0.4, 0.5) is 22.2 Å². The van der Waals surface area contributed by atoms with Gasteiger partial charge in [-0.05, 0) is 26.0 Å². The fourth-order valence-electron chi connectivity index (χ4n) is 2.91. The maximum absolute atomic E-state index is 11.8. The molecular weight excluding hydrogens is 344 g/mol. The summed E-state index contributed by atoms with van der Waals surface area (Å²) in [6.45, 7) is 6.60.